The van der Waals surface area contributed by atoms with Crippen molar-refractivity contribution in [1.82, 2.24) is 4.90 Å². The predicted molar refractivity (Wildman–Crippen MR) is 74.9 cm³/mol. The first-order chi connectivity index (χ1) is 8.51. The summed E-state index contributed by atoms with van der Waals surface area (Å²) in [4.78, 5) is 14.3. The van der Waals surface area contributed by atoms with Crippen molar-refractivity contribution in [3.05, 3.63) is 0 Å². The van der Waals surface area contributed by atoms with Crippen LogP contribution in [-0.4, -0.2) is 45.9 Å². The third-order valence-electron chi connectivity index (χ3n) is 3.27. The summed E-state index contributed by atoms with van der Waals surface area (Å²) >= 11 is 1.91. The number of carbonyl (C=O) groups excluding carboxylic acids is 1. The van der Waals surface area contributed by atoms with E-state index >= 15 is 0 Å². The molecule has 6 heteroatoms. The number of oxime groups is 1. The van der Waals surface area contributed by atoms with Gasteiger partial charge in [-0.25, -0.2) is 0 Å². The number of carbonyl (C=O) groups is 1. The maximum absolute atomic E-state index is 12.4. The van der Waals surface area contributed by atoms with Gasteiger partial charge in [-0.15, -0.1) is 0 Å². The van der Waals surface area contributed by atoms with Gasteiger partial charge in [-0.1, -0.05) is 25.9 Å². The molecule has 5 nitrogen and oxygen atoms in total. The Morgan fingerprint density at radius 3 is 2.78 bits per heavy atom. The smallest absolute Gasteiger partial charge is 0.233 e. The Bertz CT molecular complexity index is 320. The monoisotopic (exact) mass is 273 g/mol. The van der Waals surface area contributed by atoms with Crippen LogP contribution in [0, 0.1) is 11.8 Å². The number of rotatable bonds is 4. The van der Waals surface area contributed by atoms with Crippen LogP contribution < -0.4 is 5.73 Å². The zero-order valence-electron chi connectivity index (χ0n) is 11.3. The molecule has 1 fully saturated rings. The third kappa shape index (κ3) is 3.54. The van der Waals surface area contributed by atoms with Crippen LogP contribution in [0.3, 0.4) is 0 Å². The van der Waals surface area contributed by atoms with Crippen molar-refractivity contribution in [3.8, 4) is 0 Å². The second-order valence-corrected chi connectivity index (χ2v) is 6.34. The number of amidine groups is 1. The number of hydrogen-bond donors (Lipinski definition) is 2. The fraction of sp³-hybridized carbons (Fsp3) is 0.833. The van der Waals surface area contributed by atoms with Gasteiger partial charge >= 0.3 is 0 Å². The van der Waals surface area contributed by atoms with Gasteiger partial charge in [0.15, 0.2) is 5.84 Å². The van der Waals surface area contributed by atoms with Crippen molar-refractivity contribution in [2.45, 2.75) is 32.4 Å². The average molecular weight is 273 g/mol. The molecule has 1 amide bonds. The van der Waals surface area contributed by atoms with Crippen LogP contribution in [0.2, 0.25) is 0 Å². The predicted octanol–water partition coefficient (Wildman–Crippen LogP) is 1.36. The summed E-state index contributed by atoms with van der Waals surface area (Å²) in [7, 11) is 0. The number of hydrogen-bond acceptors (Lipinski definition) is 4. The molecule has 0 aromatic heterocycles. The van der Waals surface area contributed by atoms with E-state index < -0.39 is 5.92 Å². The quantitative estimate of drug-likeness (QED) is 0.351. The highest BCUT2D eigenvalue weighted by Crippen LogP contribution is 2.24. The second kappa shape index (κ2) is 6.87. The Hall–Kier alpha value is -0.910. The van der Waals surface area contributed by atoms with Crippen molar-refractivity contribution in [3.63, 3.8) is 0 Å². The SMILES string of the molecule is CCC1CN(C(=O)C(C(N)=NO)C(C)C)CCS1. The fourth-order valence-electron chi connectivity index (χ4n) is 2.18. The molecule has 1 aliphatic rings. The van der Waals surface area contributed by atoms with Crippen molar-refractivity contribution >= 4 is 23.5 Å². The maximum atomic E-state index is 12.4. The summed E-state index contributed by atoms with van der Waals surface area (Å²) in [6, 6.07) is 0. The summed E-state index contributed by atoms with van der Waals surface area (Å²) in [6.45, 7) is 7.48. The molecule has 0 aliphatic carbocycles. The lowest BCUT2D eigenvalue weighted by atomic mass is 9.93. The number of thioether (sulfide) groups is 1. The molecule has 104 valence electrons. The summed E-state index contributed by atoms with van der Waals surface area (Å²) in [5.74, 6) is 0.476. The van der Waals surface area contributed by atoms with Crippen LogP contribution in [0.15, 0.2) is 5.16 Å². The van der Waals surface area contributed by atoms with Crippen LogP contribution >= 0.6 is 11.8 Å². The normalized spacial score (nSPS) is 23.2. The highest BCUT2D eigenvalue weighted by atomic mass is 32.2. The van der Waals surface area contributed by atoms with E-state index in [0.717, 1.165) is 25.3 Å². The second-order valence-electron chi connectivity index (χ2n) is 4.93. The van der Waals surface area contributed by atoms with E-state index in [4.69, 9.17) is 10.9 Å². The van der Waals surface area contributed by atoms with Gasteiger partial charge in [0.05, 0.1) is 0 Å². The Morgan fingerprint density at radius 1 is 1.61 bits per heavy atom. The van der Waals surface area contributed by atoms with E-state index in [1.807, 2.05) is 30.5 Å². The summed E-state index contributed by atoms with van der Waals surface area (Å²) in [5, 5.41) is 12.3. The first-order valence-electron chi connectivity index (χ1n) is 6.39. The maximum Gasteiger partial charge on any atom is 0.233 e. The van der Waals surface area contributed by atoms with Gasteiger partial charge in [-0.2, -0.15) is 11.8 Å². The highest BCUT2D eigenvalue weighted by Gasteiger charge is 2.33. The van der Waals surface area contributed by atoms with Crippen LogP contribution in [0.4, 0.5) is 0 Å². The highest BCUT2D eigenvalue weighted by molar-refractivity contribution is 8.00. The molecule has 0 saturated carbocycles. The summed E-state index contributed by atoms with van der Waals surface area (Å²) in [5.41, 5.74) is 5.64. The molecule has 2 atom stereocenters. The van der Waals surface area contributed by atoms with Crippen molar-refractivity contribution in [2.24, 2.45) is 22.7 Å². The van der Waals surface area contributed by atoms with Gasteiger partial charge in [-0.05, 0) is 12.3 Å². The standard InChI is InChI=1S/C12H23N3O2S/c1-4-9-7-15(5-6-18-9)12(16)10(8(2)3)11(13)14-17/h8-10,17H,4-7H2,1-3H3,(H2,13,14). The van der Waals surface area contributed by atoms with Gasteiger partial charge < -0.3 is 15.8 Å². The van der Waals surface area contributed by atoms with Crippen LogP contribution in [-0.2, 0) is 4.79 Å². The van der Waals surface area contributed by atoms with E-state index in [9.17, 15) is 4.79 Å². The van der Waals surface area contributed by atoms with Crippen molar-refractivity contribution in [2.75, 3.05) is 18.8 Å². The summed E-state index contributed by atoms with van der Waals surface area (Å²) in [6.07, 6.45) is 1.06. The Labute approximate surface area is 113 Å². The molecule has 0 bridgehead atoms. The minimum atomic E-state index is -0.518. The van der Waals surface area contributed by atoms with Crippen LogP contribution in [0.25, 0.3) is 0 Å². The first-order valence-corrected chi connectivity index (χ1v) is 7.43. The molecule has 2 unspecified atom stereocenters. The zero-order valence-corrected chi connectivity index (χ0v) is 12.1. The molecule has 18 heavy (non-hydrogen) atoms. The molecular weight excluding hydrogens is 250 g/mol. The molecular formula is C12H23N3O2S. The van der Waals surface area contributed by atoms with E-state index in [-0.39, 0.29) is 17.7 Å². The van der Waals surface area contributed by atoms with Gasteiger partial charge in [-0.3, -0.25) is 4.79 Å². The largest absolute Gasteiger partial charge is 0.409 e. The number of nitrogens with two attached hydrogens (primary N) is 1. The minimum Gasteiger partial charge on any atom is -0.409 e. The van der Waals surface area contributed by atoms with E-state index in [1.54, 1.807) is 0 Å². The average Bonchev–Trinajstić information content (AvgIpc) is 2.38. The lowest BCUT2D eigenvalue weighted by Crippen LogP contribution is -2.49. The molecule has 0 aromatic carbocycles. The van der Waals surface area contributed by atoms with E-state index in [1.165, 1.54) is 0 Å². The number of amides is 1. The van der Waals surface area contributed by atoms with Crippen molar-refractivity contribution < 1.29 is 10.0 Å². The Kier molecular flexibility index (Phi) is 5.78. The van der Waals surface area contributed by atoms with Crippen LogP contribution in [0.1, 0.15) is 27.2 Å². The lowest BCUT2D eigenvalue weighted by molar-refractivity contribution is -0.134. The lowest BCUT2D eigenvalue weighted by Gasteiger charge is -2.35. The zero-order chi connectivity index (χ0) is 13.7. The minimum absolute atomic E-state index is 0.0148. The topological polar surface area (TPSA) is 78.9 Å². The van der Waals surface area contributed by atoms with Crippen LogP contribution in [0.5, 0.6) is 0 Å². The van der Waals surface area contributed by atoms with Gasteiger partial charge in [0.25, 0.3) is 0 Å². The molecule has 0 radical (unpaired) electrons. The van der Waals surface area contributed by atoms with E-state index in [2.05, 4.69) is 12.1 Å². The van der Waals surface area contributed by atoms with Gasteiger partial charge in [0.2, 0.25) is 5.91 Å². The number of nitrogens with zero attached hydrogens (tertiary/aromatic N) is 2. The molecule has 1 heterocycles. The van der Waals surface area contributed by atoms with E-state index in [0.29, 0.717) is 5.25 Å². The molecule has 3 N–H and O–H groups in total. The Morgan fingerprint density at radius 2 is 2.28 bits per heavy atom. The Balaban J connectivity index is 2.77. The van der Waals surface area contributed by atoms with Gasteiger partial charge in [0.1, 0.15) is 5.92 Å². The molecule has 1 rings (SSSR count). The molecule has 0 spiro atoms. The van der Waals surface area contributed by atoms with Crippen molar-refractivity contribution in [1.29, 1.82) is 0 Å². The molecule has 1 saturated heterocycles. The fourth-order valence-corrected chi connectivity index (χ4v) is 3.36. The molecule has 1 aliphatic heterocycles. The molecule has 0 aromatic rings. The third-order valence-corrected chi connectivity index (χ3v) is 4.64. The summed E-state index contributed by atoms with van der Waals surface area (Å²) < 4.78 is 0. The first kappa shape index (κ1) is 15.1. The van der Waals surface area contributed by atoms with Gasteiger partial charge in [0, 0.05) is 24.1 Å².